The quantitative estimate of drug-likeness (QED) is 0.639. The van der Waals surface area contributed by atoms with Gasteiger partial charge in [-0.2, -0.15) is 17.0 Å². The van der Waals surface area contributed by atoms with Gasteiger partial charge in [-0.05, 0) is 39.3 Å². The molecule has 8 nitrogen and oxygen atoms in total. The monoisotopic (exact) mass is 388 g/mol. The van der Waals surface area contributed by atoms with Crippen molar-refractivity contribution in [1.82, 2.24) is 18.4 Å². The minimum absolute atomic E-state index is 0.152. The smallest absolute Gasteiger partial charge is 0.282 e. The van der Waals surface area contributed by atoms with Gasteiger partial charge in [-0.3, -0.25) is 4.79 Å². The van der Waals surface area contributed by atoms with Crippen LogP contribution < -0.4 is 0 Å². The number of hydrogen-bond donors (Lipinski definition) is 0. The van der Waals surface area contributed by atoms with E-state index in [1.807, 2.05) is 4.90 Å². The predicted molar refractivity (Wildman–Crippen MR) is 99.0 cm³/mol. The molecule has 0 bridgehead atoms. The average Bonchev–Trinajstić information content (AvgIpc) is 3.21. The summed E-state index contributed by atoms with van der Waals surface area (Å²) in [5.41, 5.74) is 0. The number of ether oxygens (including phenoxy) is 1. The SMILES string of the molecule is C[C@H](CCC(=O)N1CCN(S(=O)(=O)N2CCOCC2)CC1)N1CCCC1. The topological polar surface area (TPSA) is 73.4 Å². The van der Waals surface area contributed by atoms with Gasteiger partial charge in [0.2, 0.25) is 5.91 Å². The molecule has 26 heavy (non-hydrogen) atoms. The summed E-state index contributed by atoms with van der Waals surface area (Å²) in [6, 6.07) is 0.449. The van der Waals surface area contributed by atoms with Gasteiger partial charge in [0.15, 0.2) is 0 Å². The Morgan fingerprint density at radius 3 is 2.12 bits per heavy atom. The standard InChI is InChI=1S/C17H32N4O4S/c1-16(18-6-2-3-7-18)4-5-17(22)19-8-10-20(11-9-19)26(23,24)21-12-14-25-15-13-21/h16H,2-15H2,1H3/t16-/m1/s1. The van der Waals surface area contributed by atoms with Crippen molar-refractivity contribution in [3.63, 3.8) is 0 Å². The van der Waals surface area contributed by atoms with Gasteiger partial charge < -0.3 is 14.5 Å². The van der Waals surface area contributed by atoms with Gasteiger partial charge >= 0.3 is 0 Å². The molecule has 0 aromatic heterocycles. The van der Waals surface area contributed by atoms with E-state index in [9.17, 15) is 13.2 Å². The highest BCUT2D eigenvalue weighted by Gasteiger charge is 2.34. The zero-order valence-electron chi connectivity index (χ0n) is 15.8. The van der Waals surface area contributed by atoms with Crippen molar-refractivity contribution < 1.29 is 17.9 Å². The summed E-state index contributed by atoms with van der Waals surface area (Å²) in [6.45, 7) is 7.96. The van der Waals surface area contributed by atoms with Gasteiger partial charge in [0.05, 0.1) is 13.2 Å². The van der Waals surface area contributed by atoms with Gasteiger partial charge in [0.25, 0.3) is 10.2 Å². The van der Waals surface area contributed by atoms with E-state index in [2.05, 4.69) is 11.8 Å². The molecule has 0 radical (unpaired) electrons. The largest absolute Gasteiger partial charge is 0.379 e. The fourth-order valence-corrected chi connectivity index (χ4v) is 5.53. The molecule has 150 valence electrons. The number of rotatable bonds is 6. The first kappa shape index (κ1) is 20.0. The number of piperazine rings is 1. The Morgan fingerprint density at radius 2 is 1.50 bits per heavy atom. The molecular weight excluding hydrogens is 356 g/mol. The molecule has 3 saturated heterocycles. The number of amides is 1. The van der Waals surface area contributed by atoms with E-state index in [1.54, 1.807) is 0 Å². The van der Waals surface area contributed by atoms with Crippen LogP contribution in [0.1, 0.15) is 32.6 Å². The van der Waals surface area contributed by atoms with Crippen LogP contribution in [0.2, 0.25) is 0 Å². The number of carbonyl (C=O) groups is 1. The van der Waals surface area contributed by atoms with Gasteiger partial charge in [-0.15, -0.1) is 0 Å². The van der Waals surface area contributed by atoms with E-state index in [-0.39, 0.29) is 5.91 Å². The molecule has 1 atom stereocenters. The third-order valence-electron chi connectivity index (χ3n) is 5.75. The maximum absolute atomic E-state index is 12.7. The predicted octanol–water partition coefficient (Wildman–Crippen LogP) is -0.0279. The summed E-state index contributed by atoms with van der Waals surface area (Å²) in [7, 11) is -3.43. The Morgan fingerprint density at radius 1 is 0.923 bits per heavy atom. The Bertz CT molecular complexity index is 565. The number of carbonyl (C=O) groups excluding carboxylic acids is 1. The van der Waals surface area contributed by atoms with Gasteiger partial charge in [-0.1, -0.05) is 0 Å². The highest BCUT2D eigenvalue weighted by Crippen LogP contribution is 2.17. The minimum Gasteiger partial charge on any atom is -0.379 e. The number of morpholine rings is 1. The Kier molecular flexibility index (Phi) is 6.90. The van der Waals surface area contributed by atoms with Crippen molar-refractivity contribution in [1.29, 1.82) is 0 Å². The van der Waals surface area contributed by atoms with Gasteiger partial charge in [0.1, 0.15) is 0 Å². The zero-order valence-corrected chi connectivity index (χ0v) is 16.6. The summed E-state index contributed by atoms with van der Waals surface area (Å²) in [5.74, 6) is 0.152. The second kappa shape index (κ2) is 8.97. The number of hydrogen-bond acceptors (Lipinski definition) is 5. The molecule has 0 aromatic carbocycles. The third-order valence-corrected chi connectivity index (χ3v) is 7.79. The second-order valence-electron chi connectivity index (χ2n) is 7.43. The molecule has 3 aliphatic rings. The second-order valence-corrected chi connectivity index (χ2v) is 9.36. The normalized spacial score (nSPS) is 25.5. The fourth-order valence-electron chi connectivity index (χ4n) is 3.96. The molecule has 3 fully saturated rings. The lowest BCUT2D eigenvalue weighted by molar-refractivity contribution is -0.132. The van der Waals surface area contributed by atoms with Crippen LogP contribution in [0.4, 0.5) is 0 Å². The molecule has 3 aliphatic heterocycles. The Labute approximate surface area is 157 Å². The molecule has 1 amide bonds. The summed E-state index contributed by atoms with van der Waals surface area (Å²) in [5, 5.41) is 0. The fraction of sp³-hybridized carbons (Fsp3) is 0.941. The minimum atomic E-state index is -3.43. The van der Waals surface area contributed by atoms with E-state index in [0.29, 0.717) is 64.9 Å². The molecule has 0 unspecified atom stereocenters. The van der Waals surface area contributed by atoms with Crippen LogP contribution in [-0.4, -0.2) is 104 Å². The summed E-state index contributed by atoms with van der Waals surface area (Å²) >= 11 is 0. The van der Waals surface area contributed by atoms with Gasteiger partial charge in [-0.25, -0.2) is 0 Å². The highest BCUT2D eigenvalue weighted by molar-refractivity contribution is 7.86. The van der Waals surface area contributed by atoms with E-state index in [1.165, 1.54) is 21.5 Å². The summed E-state index contributed by atoms with van der Waals surface area (Å²) in [4.78, 5) is 16.8. The molecule has 0 aliphatic carbocycles. The molecule has 0 saturated carbocycles. The van der Waals surface area contributed by atoms with Gasteiger partial charge in [0, 0.05) is 51.7 Å². The first-order chi connectivity index (χ1) is 12.5. The van der Waals surface area contributed by atoms with Crippen LogP contribution in [0.25, 0.3) is 0 Å². The molecule has 9 heteroatoms. The Hall–Kier alpha value is -0.740. The van der Waals surface area contributed by atoms with Crippen molar-refractivity contribution in [3.05, 3.63) is 0 Å². The van der Waals surface area contributed by atoms with Crippen molar-refractivity contribution in [3.8, 4) is 0 Å². The Balaban J connectivity index is 1.43. The van der Waals surface area contributed by atoms with Crippen molar-refractivity contribution >= 4 is 16.1 Å². The van der Waals surface area contributed by atoms with E-state index in [4.69, 9.17) is 4.74 Å². The molecule has 0 spiro atoms. The number of nitrogens with zero attached hydrogens (tertiary/aromatic N) is 4. The van der Waals surface area contributed by atoms with Crippen LogP contribution in [-0.2, 0) is 19.7 Å². The molecular formula is C17H32N4O4S. The summed E-state index contributed by atoms with van der Waals surface area (Å²) in [6.07, 6.45) is 3.95. The first-order valence-electron chi connectivity index (χ1n) is 9.83. The third kappa shape index (κ3) is 4.75. The lowest BCUT2D eigenvalue weighted by atomic mass is 10.1. The van der Waals surface area contributed by atoms with Crippen LogP contribution in [0, 0.1) is 0 Å². The van der Waals surface area contributed by atoms with Crippen molar-refractivity contribution in [2.75, 3.05) is 65.6 Å². The van der Waals surface area contributed by atoms with E-state index in [0.717, 1.165) is 19.5 Å². The summed E-state index contributed by atoms with van der Waals surface area (Å²) < 4.78 is 33.6. The lowest BCUT2D eigenvalue weighted by Gasteiger charge is -2.37. The molecule has 0 N–H and O–H groups in total. The van der Waals surface area contributed by atoms with Crippen LogP contribution >= 0.6 is 0 Å². The van der Waals surface area contributed by atoms with Crippen molar-refractivity contribution in [2.24, 2.45) is 0 Å². The lowest BCUT2D eigenvalue weighted by Crippen LogP contribution is -2.55. The van der Waals surface area contributed by atoms with E-state index < -0.39 is 10.2 Å². The first-order valence-corrected chi connectivity index (χ1v) is 11.2. The number of likely N-dealkylation sites (tertiary alicyclic amines) is 1. The van der Waals surface area contributed by atoms with Crippen LogP contribution in [0.3, 0.4) is 0 Å². The molecule has 0 aromatic rings. The van der Waals surface area contributed by atoms with Crippen LogP contribution in [0.5, 0.6) is 0 Å². The van der Waals surface area contributed by atoms with E-state index >= 15 is 0 Å². The maximum atomic E-state index is 12.7. The maximum Gasteiger partial charge on any atom is 0.282 e. The molecule has 3 rings (SSSR count). The molecule has 3 heterocycles. The van der Waals surface area contributed by atoms with Crippen molar-refractivity contribution in [2.45, 2.75) is 38.6 Å². The van der Waals surface area contributed by atoms with Crippen LogP contribution in [0.15, 0.2) is 0 Å². The highest BCUT2D eigenvalue weighted by atomic mass is 32.2. The zero-order chi connectivity index (χ0) is 18.6. The average molecular weight is 389 g/mol.